The Labute approximate surface area is 270 Å². The standard InChI is InChI=1S/C40H38N2O4/c1-3-39(38(44)45,41-36(31-20-9-5-10-21-31)32-22-11-6-12-23-32)40(46-28-33-24-14-13-17-29(33)2)34-25-15-16-26-35(34)42(37(40)43)27-30-18-7-4-8-19-30/h4-26,36,41H,3,27-28H2,1-2H3,(H,44,45)/t39-,40?/m0/s1. The molecule has 0 aromatic heterocycles. The molecule has 232 valence electrons. The SMILES string of the molecule is CC[C@](NC(c1ccccc1)c1ccccc1)(C(=O)O)C1(OCc2ccccc2C)C(=O)N(Cc2ccccc2)c2ccccc21. The second-order valence-electron chi connectivity index (χ2n) is 11.8. The fourth-order valence-corrected chi connectivity index (χ4v) is 6.69. The zero-order valence-electron chi connectivity index (χ0n) is 26.1. The number of fused-ring (bicyclic) bond motifs is 1. The third-order valence-electron chi connectivity index (χ3n) is 9.16. The Morgan fingerprint density at radius 2 is 1.35 bits per heavy atom. The molecule has 2 N–H and O–H groups in total. The van der Waals surface area contributed by atoms with E-state index in [4.69, 9.17) is 4.74 Å². The first-order chi connectivity index (χ1) is 22.4. The molecule has 1 heterocycles. The van der Waals surface area contributed by atoms with Crippen LogP contribution in [0.2, 0.25) is 0 Å². The number of carboxylic acid groups (broad SMARTS) is 1. The van der Waals surface area contributed by atoms with Crippen LogP contribution in [0.3, 0.4) is 0 Å². The van der Waals surface area contributed by atoms with E-state index in [0.717, 1.165) is 27.8 Å². The Hall–Kier alpha value is -5.04. The average molecular weight is 611 g/mol. The van der Waals surface area contributed by atoms with Gasteiger partial charge in [-0.2, -0.15) is 0 Å². The molecular weight excluding hydrogens is 572 g/mol. The smallest absolute Gasteiger partial charge is 0.327 e. The van der Waals surface area contributed by atoms with Crippen LogP contribution in [0.25, 0.3) is 0 Å². The molecule has 1 unspecified atom stereocenters. The monoisotopic (exact) mass is 610 g/mol. The number of amides is 1. The molecule has 1 amide bonds. The van der Waals surface area contributed by atoms with Crippen molar-refractivity contribution in [3.8, 4) is 0 Å². The molecule has 0 saturated heterocycles. The van der Waals surface area contributed by atoms with Crippen molar-refractivity contribution >= 4 is 17.6 Å². The molecule has 1 aliphatic rings. The van der Waals surface area contributed by atoms with Crippen LogP contribution in [-0.2, 0) is 33.1 Å². The van der Waals surface area contributed by atoms with Crippen molar-refractivity contribution in [3.63, 3.8) is 0 Å². The van der Waals surface area contributed by atoms with E-state index in [0.29, 0.717) is 11.3 Å². The number of aliphatic carboxylic acids is 1. The van der Waals surface area contributed by atoms with Crippen molar-refractivity contribution in [2.45, 2.75) is 50.6 Å². The summed E-state index contributed by atoms with van der Waals surface area (Å²) in [6.07, 6.45) is 0.0610. The molecule has 0 aliphatic carbocycles. The summed E-state index contributed by atoms with van der Waals surface area (Å²) in [4.78, 5) is 31.0. The number of aryl methyl sites for hydroxylation is 1. The Bertz CT molecular complexity index is 1770. The summed E-state index contributed by atoms with van der Waals surface area (Å²) in [7, 11) is 0. The molecule has 0 spiro atoms. The second-order valence-corrected chi connectivity index (χ2v) is 11.8. The van der Waals surface area contributed by atoms with Gasteiger partial charge in [0.25, 0.3) is 5.91 Å². The maximum Gasteiger partial charge on any atom is 0.327 e. The predicted molar refractivity (Wildman–Crippen MR) is 180 cm³/mol. The fourth-order valence-electron chi connectivity index (χ4n) is 6.69. The number of para-hydroxylation sites is 1. The van der Waals surface area contributed by atoms with Gasteiger partial charge in [-0.05, 0) is 47.2 Å². The van der Waals surface area contributed by atoms with Crippen LogP contribution in [0, 0.1) is 6.92 Å². The van der Waals surface area contributed by atoms with Crippen LogP contribution in [-0.4, -0.2) is 22.5 Å². The van der Waals surface area contributed by atoms with Crippen molar-refractivity contribution in [3.05, 3.63) is 173 Å². The van der Waals surface area contributed by atoms with Crippen LogP contribution in [0.5, 0.6) is 0 Å². The number of ether oxygens (including phenoxy) is 1. The molecule has 6 heteroatoms. The summed E-state index contributed by atoms with van der Waals surface area (Å²) in [5.41, 5.74) is 1.93. The van der Waals surface area contributed by atoms with Gasteiger partial charge < -0.3 is 14.7 Å². The highest BCUT2D eigenvalue weighted by molar-refractivity contribution is 6.11. The van der Waals surface area contributed by atoms with Gasteiger partial charge in [0.05, 0.1) is 24.9 Å². The topological polar surface area (TPSA) is 78.9 Å². The van der Waals surface area contributed by atoms with E-state index < -0.39 is 29.1 Å². The number of carbonyl (C=O) groups is 2. The number of rotatable bonds is 12. The highest BCUT2D eigenvalue weighted by Crippen LogP contribution is 2.52. The van der Waals surface area contributed by atoms with E-state index >= 15 is 4.79 Å². The predicted octanol–water partition coefficient (Wildman–Crippen LogP) is 7.57. The first-order valence-electron chi connectivity index (χ1n) is 15.7. The van der Waals surface area contributed by atoms with Crippen molar-refractivity contribution in [1.29, 1.82) is 0 Å². The Balaban J connectivity index is 1.57. The van der Waals surface area contributed by atoms with Gasteiger partial charge in [-0.3, -0.25) is 14.9 Å². The number of carboxylic acids is 1. The lowest BCUT2D eigenvalue weighted by Crippen LogP contribution is -2.70. The molecular formula is C40H38N2O4. The van der Waals surface area contributed by atoms with Gasteiger partial charge in [0.1, 0.15) is 0 Å². The van der Waals surface area contributed by atoms with E-state index in [1.54, 1.807) is 4.90 Å². The molecule has 5 aromatic carbocycles. The Kier molecular flexibility index (Phi) is 8.84. The van der Waals surface area contributed by atoms with Gasteiger partial charge in [-0.15, -0.1) is 0 Å². The summed E-state index contributed by atoms with van der Waals surface area (Å²) in [6, 6.07) is 43.9. The quantitative estimate of drug-likeness (QED) is 0.152. The number of benzene rings is 5. The molecule has 0 saturated carbocycles. The lowest BCUT2D eigenvalue weighted by molar-refractivity contribution is -0.181. The minimum Gasteiger partial charge on any atom is -0.480 e. The van der Waals surface area contributed by atoms with Crippen molar-refractivity contribution in [1.82, 2.24) is 5.32 Å². The molecule has 6 rings (SSSR count). The molecule has 6 nitrogen and oxygen atoms in total. The van der Waals surface area contributed by atoms with Gasteiger partial charge in [0.15, 0.2) is 5.54 Å². The summed E-state index contributed by atoms with van der Waals surface area (Å²) in [6.45, 7) is 4.11. The summed E-state index contributed by atoms with van der Waals surface area (Å²) in [5, 5.41) is 15.0. The minimum atomic E-state index is -1.91. The van der Waals surface area contributed by atoms with Crippen LogP contribution < -0.4 is 10.2 Å². The fraction of sp³-hybridized carbons (Fsp3) is 0.200. The Morgan fingerprint density at radius 3 is 1.93 bits per heavy atom. The van der Waals surface area contributed by atoms with Crippen LogP contribution in [0.4, 0.5) is 5.69 Å². The molecule has 2 atom stereocenters. The van der Waals surface area contributed by atoms with E-state index in [2.05, 4.69) is 5.32 Å². The zero-order chi connectivity index (χ0) is 32.1. The minimum absolute atomic E-state index is 0.0456. The number of nitrogens with one attached hydrogen (secondary N) is 1. The third kappa shape index (κ3) is 5.40. The highest BCUT2D eigenvalue weighted by atomic mass is 16.5. The van der Waals surface area contributed by atoms with E-state index in [9.17, 15) is 9.90 Å². The summed E-state index contributed by atoms with van der Waals surface area (Å²) in [5.74, 6) is -1.58. The molecule has 0 bridgehead atoms. The normalized spacial score (nSPS) is 17.1. The molecule has 1 aliphatic heterocycles. The van der Waals surface area contributed by atoms with Gasteiger partial charge in [-0.1, -0.05) is 140 Å². The summed E-state index contributed by atoms with van der Waals surface area (Å²) < 4.78 is 6.92. The number of carbonyl (C=O) groups excluding carboxylic acids is 1. The van der Waals surface area contributed by atoms with Crippen molar-refractivity contribution in [2.24, 2.45) is 0 Å². The van der Waals surface area contributed by atoms with Crippen LogP contribution in [0.15, 0.2) is 140 Å². The third-order valence-corrected chi connectivity index (χ3v) is 9.16. The lowest BCUT2D eigenvalue weighted by atomic mass is 9.72. The van der Waals surface area contributed by atoms with Crippen molar-refractivity contribution in [2.75, 3.05) is 4.90 Å². The molecule has 0 radical (unpaired) electrons. The van der Waals surface area contributed by atoms with Gasteiger partial charge in [0.2, 0.25) is 5.60 Å². The number of nitrogens with zero attached hydrogens (tertiary/aromatic N) is 1. The maximum atomic E-state index is 15.3. The van der Waals surface area contributed by atoms with E-state index in [1.807, 2.05) is 153 Å². The zero-order valence-corrected chi connectivity index (χ0v) is 26.1. The van der Waals surface area contributed by atoms with E-state index in [1.165, 1.54) is 0 Å². The first-order valence-corrected chi connectivity index (χ1v) is 15.7. The van der Waals surface area contributed by atoms with Crippen molar-refractivity contribution < 1.29 is 19.4 Å². The largest absolute Gasteiger partial charge is 0.480 e. The van der Waals surface area contributed by atoms with Gasteiger partial charge >= 0.3 is 5.97 Å². The molecule has 0 fully saturated rings. The Morgan fingerprint density at radius 1 is 0.804 bits per heavy atom. The summed E-state index contributed by atoms with van der Waals surface area (Å²) >= 11 is 0. The number of anilines is 1. The van der Waals surface area contributed by atoms with Crippen LogP contribution >= 0.6 is 0 Å². The first kappa shape index (κ1) is 31.0. The molecule has 5 aromatic rings. The maximum absolute atomic E-state index is 15.3. The lowest BCUT2D eigenvalue weighted by Gasteiger charge is -2.46. The van der Waals surface area contributed by atoms with E-state index in [-0.39, 0.29) is 19.6 Å². The average Bonchev–Trinajstić information content (AvgIpc) is 3.33. The second kappa shape index (κ2) is 13.1. The van der Waals surface area contributed by atoms with Gasteiger partial charge in [0, 0.05) is 5.56 Å². The van der Waals surface area contributed by atoms with Crippen LogP contribution in [0.1, 0.15) is 52.8 Å². The number of hydrogen-bond acceptors (Lipinski definition) is 4. The van der Waals surface area contributed by atoms with Gasteiger partial charge in [-0.25, -0.2) is 0 Å². The molecule has 46 heavy (non-hydrogen) atoms. The highest BCUT2D eigenvalue weighted by Gasteiger charge is 2.68. The number of hydrogen-bond donors (Lipinski definition) is 2.